The Kier molecular flexibility index (Phi) is 5.16. The number of carbonyl (C=O) groups excluding carboxylic acids is 2. The zero-order valence-corrected chi connectivity index (χ0v) is 17.8. The molecular formula is C24H28N4O3. The Morgan fingerprint density at radius 3 is 2.65 bits per heavy atom. The van der Waals surface area contributed by atoms with E-state index < -0.39 is 0 Å². The second-order valence-electron chi connectivity index (χ2n) is 8.82. The predicted molar refractivity (Wildman–Crippen MR) is 119 cm³/mol. The van der Waals surface area contributed by atoms with E-state index in [1.807, 2.05) is 54.6 Å². The van der Waals surface area contributed by atoms with E-state index in [2.05, 4.69) is 15.5 Å². The molecule has 0 bridgehead atoms. The third kappa shape index (κ3) is 3.91. The molecule has 0 saturated carbocycles. The van der Waals surface area contributed by atoms with Crippen LogP contribution < -0.4 is 15.5 Å². The lowest BCUT2D eigenvalue weighted by Gasteiger charge is -2.33. The maximum Gasteiger partial charge on any atom is 0.255 e. The molecule has 2 aromatic carbocycles. The number of aryl methyl sites for hydroxylation is 1. The number of anilines is 2. The molecule has 2 heterocycles. The van der Waals surface area contributed by atoms with Crippen LogP contribution in [0.5, 0.6) is 0 Å². The van der Waals surface area contributed by atoms with Gasteiger partial charge >= 0.3 is 0 Å². The molecule has 2 amide bonds. The number of amides is 2. The number of benzene rings is 2. The Bertz CT molecular complexity index is 998. The fraction of sp³-hybridized carbons (Fsp3) is 0.417. The summed E-state index contributed by atoms with van der Waals surface area (Å²) < 4.78 is 0. The summed E-state index contributed by atoms with van der Waals surface area (Å²) in [6.45, 7) is 3.05. The molecule has 5 rings (SSSR count). The van der Waals surface area contributed by atoms with Gasteiger partial charge in [0, 0.05) is 43.6 Å². The van der Waals surface area contributed by atoms with Gasteiger partial charge in [-0.1, -0.05) is 6.07 Å². The van der Waals surface area contributed by atoms with Gasteiger partial charge in [-0.15, -0.1) is 0 Å². The van der Waals surface area contributed by atoms with Gasteiger partial charge < -0.3 is 15.5 Å². The highest BCUT2D eigenvalue weighted by molar-refractivity contribution is 6.04. The first-order valence-corrected chi connectivity index (χ1v) is 10.9. The summed E-state index contributed by atoms with van der Waals surface area (Å²) in [5.74, 6) is 0.0731. The lowest BCUT2D eigenvalue weighted by Crippen LogP contribution is -2.42. The fourth-order valence-corrected chi connectivity index (χ4v) is 4.84. The second kappa shape index (κ2) is 7.98. The molecule has 7 heteroatoms. The van der Waals surface area contributed by atoms with E-state index in [0.29, 0.717) is 12.3 Å². The molecule has 7 nitrogen and oxygen atoms in total. The predicted octanol–water partition coefficient (Wildman–Crippen LogP) is 2.57. The molecule has 2 aliphatic heterocycles. The molecule has 1 unspecified atom stereocenters. The average Bonchev–Trinajstić information content (AvgIpc) is 3.13. The smallest absolute Gasteiger partial charge is 0.255 e. The van der Waals surface area contributed by atoms with Crippen molar-refractivity contribution < 1.29 is 14.4 Å². The van der Waals surface area contributed by atoms with E-state index in [9.17, 15) is 9.59 Å². The van der Waals surface area contributed by atoms with E-state index in [0.717, 1.165) is 56.7 Å². The van der Waals surface area contributed by atoms with Crippen LogP contribution in [0.4, 0.5) is 11.4 Å². The minimum Gasteiger partial charge on any atom is -0.356 e. The highest BCUT2D eigenvalue weighted by atomic mass is 16.7. The number of likely N-dealkylation sites (N-methyl/N-ethyl adjacent to an activating group) is 1. The van der Waals surface area contributed by atoms with Gasteiger partial charge in [0.25, 0.3) is 5.91 Å². The molecule has 31 heavy (non-hydrogen) atoms. The van der Waals surface area contributed by atoms with E-state index >= 15 is 0 Å². The van der Waals surface area contributed by atoms with Crippen molar-refractivity contribution in [3.8, 4) is 0 Å². The zero-order valence-electron chi connectivity index (χ0n) is 17.8. The van der Waals surface area contributed by atoms with Gasteiger partial charge in [0.15, 0.2) is 0 Å². The normalized spacial score (nSPS) is 23.5. The van der Waals surface area contributed by atoms with E-state index in [-0.39, 0.29) is 17.2 Å². The number of hydrogen-bond acceptors (Lipinski definition) is 5. The minimum atomic E-state index is -0.243. The number of carbonyl (C=O) groups is 2. The van der Waals surface area contributed by atoms with Crippen molar-refractivity contribution in [2.75, 3.05) is 43.6 Å². The summed E-state index contributed by atoms with van der Waals surface area (Å²) >= 11 is 0. The lowest BCUT2D eigenvalue weighted by molar-refractivity contribution is -0.154. The van der Waals surface area contributed by atoms with Crippen molar-refractivity contribution in [3.05, 3.63) is 59.2 Å². The highest BCUT2D eigenvalue weighted by Crippen LogP contribution is 2.41. The average molecular weight is 421 g/mol. The van der Waals surface area contributed by atoms with Crippen molar-refractivity contribution in [1.82, 2.24) is 10.4 Å². The van der Waals surface area contributed by atoms with Crippen molar-refractivity contribution >= 4 is 23.2 Å². The number of hydrogen-bond donors (Lipinski definition) is 2. The molecule has 1 atom stereocenters. The van der Waals surface area contributed by atoms with Gasteiger partial charge in [-0.05, 0) is 73.2 Å². The number of nitrogens with zero attached hydrogens (tertiary/aromatic N) is 2. The van der Waals surface area contributed by atoms with Crippen LogP contribution in [0.3, 0.4) is 0 Å². The molecule has 162 valence electrons. The number of fused-ring (bicyclic) bond motifs is 1. The third-order valence-electron chi connectivity index (χ3n) is 6.85. The van der Waals surface area contributed by atoms with Crippen molar-refractivity contribution in [2.45, 2.75) is 25.7 Å². The summed E-state index contributed by atoms with van der Waals surface area (Å²) in [6, 6.07) is 13.7. The Labute approximate surface area is 182 Å². The standard InChI is InChI=1S/C24H28N4O3/c1-27-12-13-28(16-31-27)21-6-4-20(5-7-21)26-22(29)18-2-3-19-15-24(9-8-17(19)14-18)10-11-25-23(24)30/h2-7,14H,8-13,15-16H2,1H3,(H,25,30)(H,26,29). The molecule has 2 aromatic rings. The first kappa shape index (κ1) is 20.0. The highest BCUT2D eigenvalue weighted by Gasteiger charge is 2.44. The number of nitrogens with one attached hydrogen (secondary N) is 2. The topological polar surface area (TPSA) is 73.9 Å². The molecule has 0 aromatic heterocycles. The summed E-state index contributed by atoms with van der Waals surface area (Å²) in [6.07, 6.45) is 3.37. The number of rotatable bonds is 3. The van der Waals surface area contributed by atoms with Crippen molar-refractivity contribution in [1.29, 1.82) is 0 Å². The Morgan fingerprint density at radius 1 is 1.10 bits per heavy atom. The summed E-state index contributed by atoms with van der Waals surface area (Å²) in [5.41, 5.74) is 4.63. The second-order valence-corrected chi connectivity index (χ2v) is 8.82. The van der Waals surface area contributed by atoms with E-state index in [1.54, 1.807) is 0 Å². The first-order chi connectivity index (χ1) is 15.0. The van der Waals surface area contributed by atoms with Gasteiger partial charge in [-0.3, -0.25) is 14.4 Å². The van der Waals surface area contributed by atoms with Crippen molar-refractivity contribution in [2.24, 2.45) is 5.41 Å². The summed E-state index contributed by atoms with van der Waals surface area (Å²) in [4.78, 5) is 32.8. The van der Waals surface area contributed by atoms with Gasteiger partial charge in [-0.25, -0.2) is 0 Å². The van der Waals surface area contributed by atoms with Gasteiger partial charge in [0.2, 0.25) is 5.91 Å². The minimum absolute atomic E-state index is 0.114. The van der Waals surface area contributed by atoms with Gasteiger partial charge in [-0.2, -0.15) is 5.06 Å². The largest absolute Gasteiger partial charge is 0.356 e. The van der Waals surface area contributed by atoms with Crippen LogP contribution in [-0.2, 0) is 22.5 Å². The molecular weight excluding hydrogens is 392 g/mol. The number of hydroxylamine groups is 2. The molecule has 0 radical (unpaired) electrons. The Morgan fingerprint density at radius 2 is 1.94 bits per heavy atom. The first-order valence-electron chi connectivity index (χ1n) is 10.9. The Balaban J connectivity index is 1.24. The Hall–Kier alpha value is -2.90. The van der Waals surface area contributed by atoms with E-state index in [4.69, 9.17) is 4.84 Å². The zero-order chi connectivity index (χ0) is 21.4. The molecule has 3 aliphatic rings. The van der Waals surface area contributed by atoms with Crippen LogP contribution in [0.1, 0.15) is 34.3 Å². The van der Waals surface area contributed by atoms with Gasteiger partial charge in [0.05, 0.1) is 5.41 Å². The molecule has 1 spiro atoms. The van der Waals surface area contributed by atoms with Crippen LogP contribution in [0.15, 0.2) is 42.5 Å². The monoisotopic (exact) mass is 420 g/mol. The van der Waals surface area contributed by atoms with Crippen LogP contribution in [0, 0.1) is 5.41 Å². The molecule has 2 N–H and O–H groups in total. The molecule has 2 fully saturated rings. The quantitative estimate of drug-likeness (QED) is 0.799. The fourth-order valence-electron chi connectivity index (χ4n) is 4.84. The lowest BCUT2D eigenvalue weighted by atomic mass is 9.70. The van der Waals surface area contributed by atoms with Crippen LogP contribution in [0.25, 0.3) is 0 Å². The maximum atomic E-state index is 12.8. The molecule has 2 saturated heterocycles. The third-order valence-corrected chi connectivity index (χ3v) is 6.85. The SMILES string of the molecule is CN1CCN(c2ccc(NC(=O)c3ccc4c(c3)CCC3(CCNC3=O)C4)cc2)CO1. The van der Waals surface area contributed by atoms with Crippen LogP contribution >= 0.6 is 0 Å². The van der Waals surface area contributed by atoms with E-state index in [1.165, 1.54) is 11.1 Å². The van der Waals surface area contributed by atoms with Crippen LogP contribution in [-0.4, -0.2) is 50.3 Å². The molecule has 1 aliphatic carbocycles. The van der Waals surface area contributed by atoms with Crippen LogP contribution in [0.2, 0.25) is 0 Å². The van der Waals surface area contributed by atoms with Crippen molar-refractivity contribution in [3.63, 3.8) is 0 Å². The maximum absolute atomic E-state index is 12.8. The summed E-state index contributed by atoms with van der Waals surface area (Å²) in [7, 11) is 1.93. The summed E-state index contributed by atoms with van der Waals surface area (Å²) in [5, 5.41) is 7.82. The van der Waals surface area contributed by atoms with Gasteiger partial charge in [0.1, 0.15) is 6.73 Å².